The van der Waals surface area contributed by atoms with Crippen LogP contribution in [0.3, 0.4) is 0 Å². The van der Waals surface area contributed by atoms with Crippen molar-refractivity contribution in [1.29, 1.82) is 0 Å². The van der Waals surface area contributed by atoms with Gasteiger partial charge in [0.1, 0.15) is 0 Å². The maximum atomic E-state index is 12.2. The second-order valence-electron chi connectivity index (χ2n) is 7.17. The molecule has 3 rings (SSSR count). The Labute approximate surface area is 143 Å². The van der Waals surface area contributed by atoms with Crippen LogP contribution in [0, 0.1) is 5.92 Å². The number of aryl methyl sites for hydroxylation is 1. The number of nitrogens with one attached hydrogen (secondary N) is 1. The molecule has 1 N–H and O–H groups in total. The molecule has 7 nitrogen and oxygen atoms in total. The molecule has 0 radical (unpaired) electrons. The van der Waals surface area contributed by atoms with Crippen molar-refractivity contribution >= 4 is 17.6 Å². The maximum absolute atomic E-state index is 12.2. The third kappa shape index (κ3) is 4.14. The van der Waals surface area contributed by atoms with Crippen LogP contribution in [0.1, 0.15) is 32.1 Å². The number of hydrogen-bond donors (Lipinski definition) is 1. The minimum Gasteiger partial charge on any atom is -0.339 e. The number of likely N-dealkylation sites (N-methyl/N-ethyl adjacent to an activating group) is 1. The number of carbonyl (C=O) groups excluding carboxylic acids is 2. The van der Waals surface area contributed by atoms with Crippen molar-refractivity contribution in [2.75, 3.05) is 32.0 Å². The number of aromatic nitrogens is 2. The van der Waals surface area contributed by atoms with Gasteiger partial charge in [-0.15, -0.1) is 0 Å². The molecular weight excluding hydrogens is 306 g/mol. The van der Waals surface area contributed by atoms with E-state index in [0.29, 0.717) is 36.7 Å². The first-order valence-corrected chi connectivity index (χ1v) is 8.79. The van der Waals surface area contributed by atoms with Gasteiger partial charge < -0.3 is 10.2 Å². The lowest BCUT2D eigenvalue weighted by Gasteiger charge is -2.25. The first kappa shape index (κ1) is 17.0. The molecule has 1 atom stereocenters. The van der Waals surface area contributed by atoms with Gasteiger partial charge >= 0.3 is 0 Å². The molecule has 0 spiro atoms. The summed E-state index contributed by atoms with van der Waals surface area (Å²) in [4.78, 5) is 28.4. The van der Waals surface area contributed by atoms with Crippen molar-refractivity contribution in [3.05, 3.63) is 12.3 Å². The lowest BCUT2D eigenvalue weighted by Crippen LogP contribution is -2.37. The van der Waals surface area contributed by atoms with Crippen LogP contribution in [0.2, 0.25) is 0 Å². The highest BCUT2D eigenvalue weighted by molar-refractivity contribution is 5.91. The van der Waals surface area contributed by atoms with Crippen molar-refractivity contribution in [3.8, 4) is 0 Å². The molecule has 1 aliphatic heterocycles. The van der Waals surface area contributed by atoms with Crippen LogP contribution in [0.25, 0.3) is 0 Å². The standard InChI is InChI=1S/C17H27N5O2/c1-20(12-16(23)18-15-7-8-21(2)19-15)10-13-9-17(24)22(11-13)14-5-3-4-6-14/h7-8,13-14H,3-6,9-12H2,1-2H3,(H,18,19,23). The van der Waals surface area contributed by atoms with Gasteiger partial charge in [0, 0.05) is 44.9 Å². The summed E-state index contributed by atoms with van der Waals surface area (Å²) < 4.78 is 1.65. The molecule has 24 heavy (non-hydrogen) atoms. The Balaban J connectivity index is 1.44. The maximum Gasteiger partial charge on any atom is 0.239 e. The van der Waals surface area contributed by atoms with Gasteiger partial charge in [-0.25, -0.2) is 0 Å². The minimum absolute atomic E-state index is 0.0758. The molecule has 2 heterocycles. The highest BCUT2D eigenvalue weighted by Gasteiger charge is 2.35. The molecule has 2 fully saturated rings. The Morgan fingerprint density at radius 2 is 2.17 bits per heavy atom. The summed E-state index contributed by atoms with van der Waals surface area (Å²) >= 11 is 0. The molecule has 1 aliphatic carbocycles. The Hall–Kier alpha value is -1.89. The summed E-state index contributed by atoms with van der Waals surface area (Å²) in [5.41, 5.74) is 0. The zero-order chi connectivity index (χ0) is 17.1. The van der Waals surface area contributed by atoms with Crippen LogP contribution in [-0.2, 0) is 16.6 Å². The summed E-state index contributed by atoms with van der Waals surface area (Å²) in [5, 5.41) is 6.93. The van der Waals surface area contributed by atoms with Crippen molar-refractivity contribution in [3.63, 3.8) is 0 Å². The van der Waals surface area contributed by atoms with Gasteiger partial charge in [0.2, 0.25) is 11.8 Å². The number of carbonyl (C=O) groups is 2. The van der Waals surface area contributed by atoms with Crippen molar-refractivity contribution in [2.45, 2.75) is 38.1 Å². The lowest BCUT2D eigenvalue weighted by atomic mass is 10.1. The molecule has 1 aromatic heterocycles. The van der Waals surface area contributed by atoms with Gasteiger partial charge in [-0.05, 0) is 25.8 Å². The van der Waals surface area contributed by atoms with Crippen LogP contribution < -0.4 is 5.32 Å². The highest BCUT2D eigenvalue weighted by atomic mass is 16.2. The molecule has 2 aliphatic rings. The van der Waals surface area contributed by atoms with Gasteiger partial charge in [-0.3, -0.25) is 19.2 Å². The van der Waals surface area contributed by atoms with Crippen LogP contribution in [0.15, 0.2) is 12.3 Å². The van der Waals surface area contributed by atoms with E-state index in [1.165, 1.54) is 12.8 Å². The van der Waals surface area contributed by atoms with Gasteiger partial charge in [-0.2, -0.15) is 5.10 Å². The van der Waals surface area contributed by atoms with Gasteiger partial charge in [0.05, 0.1) is 6.54 Å². The number of likely N-dealkylation sites (tertiary alicyclic amines) is 1. The summed E-state index contributed by atoms with van der Waals surface area (Å²) in [6.45, 7) is 1.92. The summed E-state index contributed by atoms with van der Waals surface area (Å²) in [7, 11) is 3.75. The number of anilines is 1. The molecule has 1 saturated heterocycles. The Morgan fingerprint density at radius 1 is 1.42 bits per heavy atom. The first-order chi connectivity index (χ1) is 11.5. The average molecular weight is 333 g/mol. The first-order valence-electron chi connectivity index (χ1n) is 8.79. The van der Waals surface area contributed by atoms with Gasteiger partial charge in [-0.1, -0.05) is 12.8 Å². The van der Waals surface area contributed by atoms with E-state index in [4.69, 9.17) is 0 Å². The predicted molar refractivity (Wildman–Crippen MR) is 91.4 cm³/mol. The second kappa shape index (κ2) is 7.34. The van der Waals surface area contributed by atoms with E-state index in [2.05, 4.69) is 15.3 Å². The highest BCUT2D eigenvalue weighted by Crippen LogP contribution is 2.29. The molecule has 1 aromatic rings. The number of hydrogen-bond acceptors (Lipinski definition) is 4. The van der Waals surface area contributed by atoms with E-state index in [9.17, 15) is 9.59 Å². The topological polar surface area (TPSA) is 70.5 Å². The van der Waals surface area contributed by atoms with E-state index in [1.54, 1.807) is 16.9 Å². The summed E-state index contributed by atoms with van der Waals surface area (Å²) in [6, 6.07) is 2.23. The molecule has 1 unspecified atom stereocenters. The van der Waals surface area contributed by atoms with E-state index in [1.807, 2.05) is 19.0 Å². The summed E-state index contributed by atoms with van der Waals surface area (Å²) in [5.74, 6) is 1.11. The smallest absolute Gasteiger partial charge is 0.239 e. The van der Waals surface area contributed by atoms with E-state index < -0.39 is 0 Å². The van der Waals surface area contributed by atoms with E-state index in [-0.39, 0.29) is 5.91 Å². The minimum atomic E-state index is -0.0758. The zero-order valence-corrected chi connectivity index (χ0v) is 14.6. The number of amides is 2. The fraction of sp³-hybridized carbons (Fsp3) is 0.706. The molecule has 132 valence electrons. The molecule has 1 saturated carbocycles. The monoisotopic (exact) mass is 333 g/mol. The van der Waals surface area contributed by atoms with E-state index in [0.717, 1.165) is 25.9 Å². The Kier molecular flexibility index (Phi) is 5.18. The third-order valence-corrected chi connectivity index (χ3v) is 4.97. The number of rotatable bonds is 6. The van der Waals surface area contributed by atoms with Crippen molar-refractivity contribution in [1.82, 2.24) is 19.6 Å². The zero-order valence-electron chi connectivity index (χ0n) is 14.6. The van der Waals surface area contributed by atoms with Crippen LogP contribution in [-0.4, -0.2) is 64.1 Å². The molecule has 7 heteroatoms. The van der Waals surface area contributed by atoms with Crippen molar-refractivity contribution in [2.24, 2.45) is 13.0 Å². The third-order valence-electron chi connectivity index (χ3n) is 4.97. The predicted octanol–water partition coefficient (Wildman–Crippen LogP) is 1.08. The fourth-order valence-corrected chi connectivity index (χ4v) is 3.91. The SMILES string of the molecule is CN(CC(=O)Nc1ccn(C)n1)CC1CC(=O)N(C2CCCC2)C1. The fourth-order valence-electron chi connectivity index (χ4n) is 3.91. The average Bonchev–Trinajstić information content (AvgIpc) is 3.21. The van der Waals surface area contributed by atoms with Crippen LogP contribution in [0.4, 0.5) is 5.82 Å². The Morgan fingerprint density at radius 3 is 2.83 bits per heavy atom. The van der Waals surface area contributed by atoms with Gasteiger partial charge in [0.25, 0.3) is 0 Å². The molecule has 2 amide bonds. The number of nitrogens with zero attached hydrogens (tertiary/aromatic N) is 4. The van der Waals surface area contributed by atoms with Gasteiger partial charge in [0.15, 0.2) is 5.82 Å². The summed E-state index contributed by atoms with van der Waals surface area (Å²) in [6.07, 6.45) is 7.20. The lowest BCUT2D eigenvalue weighted by molar-refractivity contribution is -0.129. The quantitative estimate of drug-likeness (QED) is 0.846. The van der Waals surface area contributed by atoms with Crippen molar-refractivity contribution < 1.29 is 9.59 Å². The normalized spacial score (nSPS) is 21.9. The molecule has 0 bridgehead atoms. The van der Waals surface area contributed by atoms with Crippen LogP contribution >= 0.6 is 0 Å². The molecule has 0 aromatic carbocycles. The van der Waals surface area contributed by atoms with E-state index >= 15 is 0 Å². The largest absolute Gasteiger partial charge is 0.339 e. The second-order valence-corrected chi connectivity index (χ2v) is 7.17. The van der Waals surface area contributed by atoms with Crippen LogP contribution in [0.5, 0.6) is 0 Å². The Bertz CT molecular complexity index is 594. The molecular formula is C17H27N5O2.